The van der Waals surface area contributed by atoms with Gasteiger partial charge in [0.25, 0.3) is 0 Å². The standard InChI is InChI=1S/C15H15F5O3S/c1-2-23-8(21)6-4-3-5-7-9(22)24-15-13(19)11(17)10(16)12(18)14(15)20/h2-7H2,1H3. The molecule has 0 aliphatic carbocycles. The Labute approximate surface area is 139 Å². The molecule has 0 N–H and O–H groups in total. The van der Waals surface area contributed by atoms with Gasteiger partial charge in [-0.2, -0.15) is 0 Å². The molecule has 0 spiro atoms. The molecular weight excluding hydrogens is 355 g/mol. The smallest absolute Gasteiger partial charge is 0.305 e. The Balaban J connectivity index is 2.51. The highest BCUT2D eigenvalue weighted by Crippen LogP contribution is 2.32. The third kappa shape index (κ3) is 5.47. The van der Waals surface area contributed by atoms with Crippen molar-refractivity contribution in [1.29, 1.82) is 0 Å². The van der Waals surface area contributed by atoms with Crippen LogP contribution in [0.15, 0.2) is 4.90 Å². The van der Waals surface area contributed by atoms with Crippen LogP contribution in [0.3, 0.4) is 0 Å². The summed E-state index contributed by atoms with van der Waals surface area (Å²) in [5.74, 6) is -10.8. The van der Waals surface area contributed by atoms with E-state index in [-0.39, 0.29) is 37.2 Å². The normalized spacial score (nSPS) is 10.8. The third-order valence-corrected chi connectivity index (χ3v) is 3.95. The van der Waals surface area contributed by atoms with Crippen LogP contribution in [0.1, 0.15) is 39.0 Å². The van der Waals surface area contributed by atoms with Crippen molar-refractivity contribution in [1.82, 2.24) is 0 Å². The number of carbonyl (C=O) groups excluding carboxylic acids is 2. The van der Waals surface area contributed by atoms with Crippen molar-refractivity contribution < 1.29 is 36.3 Å². The SMILES string of the molecule is CCOC(=O)CCCCCC(=O)Sc1c(F)c(F)c(F)c(F)c1F. The number of carbonyl (C=O) groups is 2. The van der Waals surface area contributed by atoms with Gasteiger partial charge in [-0.25, -0.2) is 22.0 Å². The van der Waals surface area contributed by atoms with Gasteiger partial charge in [-0.15, -0.1) is 0 Å². The molecule has 134 valence electrons. The molecule has 0 fully saturated rings. The summed E-state index contributed by atoms with van der Waals surface area (Å²) in [5, 5.41) is -0.727. The lowest BCUT2D eigenvalue weighted by Crippen LogP contribution is -2.05. The van der Waals surface area contributed by atoms with Gasteiger partial charge in [0.1, 0.15) is 0 Å². The van der Waals surface area contributed by atoms with Gasteiger partial charge >= 0.3 is 5.97 Å². The van der Waals surface area contributed by atoms with Crippen LogP contribution in [0, 0.1) is 29.1 Å². The Morgan fingerprint density at radius 3 is 1.88 bits per heavy atom. The fraction of sp³-hybridized carbons (Fsp3) is 0.467. The van der Waals surface area contributed by atoms with Crippen LogP contribution in [0.25, 0.3) is 0 Å². The van der Waals surface area contributed by atoms with E-state index in [9.17, 15) is 31.5 Å². The molecule has 0 heterocycles. The lowest BCUT2D eigenvalue weighted by Gasteiger charge is -2.07. The van der Waals surface area contributed by atoms with E-state index in [1.54, 1.807) is 6.92 Å². The van der Waals surface area contributed by atoms with Crippen LogP contribution in [0.4, 0.5) is 22.0 Å². The average molecular weight is 370 g/mol. The van der Waals surface area contributed by atoms with Gasteiger partial charge in [0.05, 0.1) is 11.5 Å². The highest BCUT2D eigenvalue weighted by molar-refractivity contribution is 8.13. The minimum Gasteiger partial charge on any atom is -0.466 e. The van der Waals surface area contributed by atoms with E-state index < -0.39 is 39.1 Å². The van der Waals surface area contributed by atoms with E-state index in [4.69, 9.17) is 4.74 Å². The molecule has 3 nitrogen and oxygen atoms in total. The van der Waals surface area contributed by atoms with Gasteiger partial charge in [0, 0.05) is 12.8 Å². The zero-order chi connectivity index (χ0) is 18.3. The van der Waals surface area contributed by atoms with E-state index in [1.165, 1.54) is 0 Å². The second-order valence-electron chi connectivity index (χ2n) is 4.74. The number of unbranched alkanes of at least 4 members (excludes halogenated alkanes) is 2. The van der Waals surface area contributed by atoms with Crippen molar-refractivity contribution in [3.05, 3.63) is 29.1 Å². The van der Waals surface area contributed by atoms with Gasteiger partial charge < -0.3 is 4.74 Å². The first kappa shape index (κ1) is 20.4. The maximum absolute atomic E-state index is 13.4. The first-order valence-electron chi connectivity index (χ1n) is 7.17. The molecule has 0 bridgehead atoms. The van der Waals surface area contributed by atoms with Crippen molar-refractivity contribution in [2.45, 2.75) is 43.9 Å². The minimum atomic E-state index is -2.26. The molecule has 0 aromatic heterocycles. The molecule has 0 amide bonds. The summed E-state index contributed by atoms with van der Waals surface area (Å²) in [6.07, 6.45) is 1.35. The molecule has 1 aromatic carbocycles. The second kappa shape index (κ2) is 9.61. The molecule has 1 rings (SSSR count). The number of ether oxygens (including phenoxy) is 1. The lowest BCUT2D eigenvalue weighted by atomic mass is 10.1. The average Bonchev–Trinajstić information content (AvgIpc) is 2.55. The van der Waals surface area contributed by atoms with E-state index in [0.717, 1.165) is 0 Å². The number of esters is 1. The molecule has 24 heavy (non-hydrogen) atoms. The van der Waals surface area contributed by atoms with E-state index in [0.29, 0.717) is 19.3 Å². The first-order chi connectivity index (χ1) is 11.3. The molecule has 0 atom stereocenters. The zero-order valence-corrected chi connectivity index (χ0v) is 13.6. The number of hydrogen-bond acceptors (Lipinski definition) is 4. The summed E-state index contributed by atoms with van der Waals surface area (Å²) in [6, 6.07) is 0. The Hall–Kier alpha value is -1.64. The molecule has 0 aliphatic rings. The Morgan fingerprint density at radius 2 is 1.33 bits per heavy atom. The topological polar surface area (TPSA) is 43.4 Å². The van der Waals surface area contributed by atoms with E-state index in [1.807, 2.05) is 0 Å². The molecule has 0 unspecified atom stereocenters. The van der Waals surface area contributed by atoms with Gasteiger partial charge in [0.2, 0.25) is 5.82 Å². The maximum Gasteiger partial charge on any atom is 0.305 e. The minimum absolute atomic E-state index is 0.0209. The van der Waals surface area contributed by atoms with Crippen LogP contribution in [-0.4, -0.2) is 17.7 Å². The number of rotatable bonds is 8. The molecular formula is C15H15F5O3S. The fourth-order valence-electron chi connectivity index (χ4n) is 1.79. The summed E-state index contributed by atoms with van der Waals surface area (Å²) in [4.78, 5) is 21.5. The highest BCUT2D eigenvalue weighted by atomic mass is 32.2. The monoisotopic (exact) mass is 370 g/mol. The fourth-order valence-corrected chi connectivity index (χ4v) is 2.62. The first-order valence-corrected chi connectivity index (χ1v) is 7.98. The molecule has 0 saturated carbocycles. The van der Waals surface area contributed by atoms with Crippen LogP contribution in [-0.2, 0) is 14.3 Å². The van der Waals surface area contributed by atoms with Gasteiger partial charge in [0.15, 0.2) is 28.4 Å². The summed E-state index contributed by atoms with van der Waals surface area (Å²) in [6.45, 7) is 1.95. The van der Waals surface area contributed by atoms with Crippen LogP contribution in [0.2, 0.25) is 0 Å². The van der Waals surface area contributed by atoms with Gasteiger partial charge in [-0.3, -0.25) is 9.59 Å². The lowest BCUT2D eigenvalue weighted by molar-refractivity contribution is -0.143. The molecule has 0 saturated heterocycles. The third-order valence-electron chi connectivity index (χ3n) is 2.95. The Morgan fingerprint density at radius 1 is 0.833 bits per heavy atom. The number of hydrogen-bond donors (Lipinski definition) is 0. The van der Waals surface area contributed by atoms with Crippen molar-refractivity contribution in [2.75, 3.05) is 6.61 Å². The Kier molecular flexibility index (Phi) is 8.17. The van der Waals surface area contributed by atoms with Gasteiger partial charge in [-0.1, -0.05) is 6.42 Å². The predicted octanol–water partition coefficient (Wildman–Crippen LogP) is 4.51. The van der Waals surface area contributed by atoms with E-state index in [2.05, 4.69) is 0 Å². The summed E-state index contributed by atoms with van der Waals surface area (Å²) < 4.78 is 70.5. The van der Waals surface area contributed by atoms with Crippen LogP contribution >= 0.6 is 11.8 Å². The second-order valence-corrected chi connectivity index (χ2v) is 5.81. The molecule has 0 aliphatic heterocycles. The van der Waals surface area contributed by atoms with E-state index >= 15 is 0 Å². The van der Waals surface area contributed by atoms with Crippen molar-refractivity contribution in [3.8, 4) is 0 Å². The summed E-state index contributed by atoms with van der Waals surface area (Å²) in [7, 11) is 0. The molecule has 1 aromatic rings. The molecule has 0 radical (unpaired) electrons. The van der Waals surface area contributed by atoms with Crippen molar-refractivity contribution >= 4 is 22.8 Å². The molecule has 9 heteroatoms. The number of thioether (sulfide) groups is 1. The van der Waals surface area contributed by atoms with Gasteiger partial charge in [-0.05, 0) is 31.5 Å². The summed E-state index contributed by atoms with van der Waals surface area (Å²) >= 11 is -0.0209. The largest absolute Gasteiger partial charge is 0.466 e. The highest BCUT2D eigenvalue weighted by Gasteiger charge is 2.27. The summed E-state index contributed by atoms with van der Waals surface area (Å²) in [5.41, 5.74) is 0. The maximum atomic E-state index is 13.4. The van der Waals surface area contributed by atoms with Crippen molar-refractivity contribution in [2.24, 2.45) is 0 Å². The van der Waals surface area contributed by atoms with Crippen LogP contribution < -0.4 is 0 Å². The zero-order valence-electron chi connectivity index (χ0n) is 12.8. The predicted molar refractivity (Wildman–Crippen MR) is 76.8 cm³/mol. The Bertz CT molecular complexity index is 593. The van der Waals surface area contributed by atoms with Crippen LogP contribution in [0.5, 0.6) is 0 Å². The number of benzene rings is 1. The number of halogens is 5. The quantitative estimate of drug-likeness (QED) is 0.169. The van der Waals surface area contributed by atoms with Crippen molar-refractivity contribution in [3.63, 3.8) is 0 Å².